The summed E-state index contributed by atoms with van der Waals surface area (Å²) in [5.74, 6) is 2.83. The molecule has 1 aliphatic heterocycles. The first kappa shape index (κ1) is 24.4. The van der Waals surface area contributed by atoms with Gasteiger partial charge in [-0.15, -0.1) is 0 Å². The average molecular weight is 417 g/mol. The van der Waals surface area contributed by atoms with E-state index < -0.39 is 0 Å². The molecule has 1 saturated heterocycles. The van der Waals surface area contributed by atoms with E-state index in [9.17, 15) is 0 Å². The van der Waals surface area contributed by atoms with Crippen molar-refractivity contribution >= 4 is 11.8 Å². The SMILES string of the molecule is CCNC(=NCc1ccc(N2CCC(C)CC2)nc1)NC(C)CCCN(CC)CC. The number of hydrogen-bond donors (Lipinski definition) is 2. The number of aromatic nitrogens is 1. The number of rotatable bonds is 11. The van der Waals surface area contributed by atoms with Crippen molar-refractivity contribution < 1.29 is 0 Å². The molecule has 0 radical (unpaired) electrons. The first-order chi connectivity index (χ1) is 14.5. The molecule has 1 aromatic heterocycles. The summed E-state index contributed by atoms with van der Waals surface area (Å²) in [5.41, 5.74) is 1.15. The Hall–Kier alpha value is -1.82. The maximum Gasteiger partial charge on any atom is 0.191 e. The van der Waals surface area contributed by atoms with Crippen LogP contribution in [0.5, 0.6) is 0 Å². The van der Waals surface area contributed by atoms with Gasteiger partial charge in [0.15, 0.2) is 5.96 Å². The molecule has 0 aromatic carbocycles. The molecule has 2 N–H and O–H groups in total. The van der Waals surface area contributed by atoms with Gasteiger partial charge in [0.1, 0.15) is 5.82 Å². The lowest BCUT2D eigenvalue weighted by molar-refractivity contribution is 0.292. The molecule has 0 bridgehead atoms. The molecule has 1 unspecified atom stereocenters. The fraction of sp³-hybridized carbons (Fsp3) is 0.750. The Bertz CT molecular complexity index is 603. The second kappa shape index (κ2) is 13.5. The molecule has 0 saturated carbocycles. The van der Waals surface area contributed by atoms with Crippen molar-refractivity contribution in [2.75, 3.05) is 44.2 Å². The zero-order valence-corrected chi connectivity index (χ0v) is 20.0. The number of anilines is 1. The van der Waals surface area contributed by atoms with E-state index in [4.69, 9.17) is 9.98 Å². The quantitative estimate of drug-likeness (QED) is 0.423. The normalized spacial score (nSPS) is 16.7. The molecule has 1 fully saturated rings. The Kier molecular flexibility index (Phi) is 11.0. The van der Waals surface area contributed by atoms with Gasteiger partial charge in [-0.2, -0.15) is 0 Å². The lowest BCUT2D eigenvalue weighted by Gasteiger charge is -2.31. The second-order valence-corrected chi connectivity index (χ2v) is 8.60. The van der Waals surface area contributed by atoms with Crippen LogP contribution in [0.4, 0.5) is 5.82 Å². The van der Waals surface area contributed by atoms with Gasteiger partial charge >= 0.3 is 0 Å². The van der Waals surface area contributed by atoms with Crippen LogP contribution in [0.1, 0.15) is 65.9 Å². The maximum absolute atomic E-state index is 4.78. The monoisotopic (exact) mass is 416 g/mol. The predicted molar refractivity (Wildman–Crippen MR) is 129 cm³/mol. The molecule has 6 nitrogen and oxygen atoms in total. The van der Waals surface area contributed by atoms with Crippen LogP contribution < -0.4 is 15.5 Å². The molecule has 1 aliphatic rings. The number of piperidine rings is 1. The molecule has 30 heavy (non-hydrogen) atoms. The maximum atomic E-state index is 4.78. The summed E-state index contributed by atoms with van der Waals surface area (Å²) >= 11 is 0. The third kappa shape index (κ3) is 8.50. The molecule has 0 amide bonds. The summed E-state index contributed by atoms with van der Waals surface area (Å²) in [7, 11) is 0. The molecule has 1 aromatic rings. The lowest BCUT2D eigenvalue weighted by atomic mass is 9.99. The summed E-state index contributed by atoms with van der Waals surface area (Å²) in [6.45, 7) is 18.3. The highest BCUT2D eigenvalue weighted by Gasteiger charge is 2.16. The van der Waals surface area contributed by atoms with E-state index in [1.165, 1.54) is 25.8 Å². The summed E-state index contributed by atoms with van der Waals surface area (Å²) in [6, 6.07) is 4.72. The zero-order valence-electron chi connectivity index (χ0n) is 20.0. The Balaban J connectivity index is 1.83. The molecular weight excluding hydrogens is 372 g/mol. The third-order valence-electron chi connectivity index (χ3n) is 6.07. The highest BCUT2D eigenvalue weighted by atomic mass is 15.2. The van der Waals surface area contributed by atoms with Crippen LogP contribution >= 0.6 is 0 Å². The van der Waals surface area contributed by atoms with Crippen molar-refractivity contribution in [1.29, 1.82) is 0 Å². The van der Waals surface area contributed by atoms with Crippen molar-refractivity contribution in [2.45, 2.75) is 72.9 Å². The molecule has 1 atom stereocenters. The smallest absolute Gasteiger partial charge is 0.191 e. The zero-order chi connectivity index (χ0) is 21.8. The van der Waals surface area contributed by atoms with Crippen molar-refractivity contribution in [2.24, 2.45) is 10.9 Å². The standard InChI is InChI=1S/C24H44N6/c1-6-25-24(28-21(5)10-9-15-29(7-2)8-3)27-19-22-11-12-23(26-18-22)30-16-13-20(4)14-17-30/h11-12,18,20-21H,6-10,13-17,19H2,1-5H3,(H2,25,27,28). The van der Waals surface area contributed by atoms with E-state index in [0.29, 0.717) is 12.6 Å². The van der Waals surface area contributed by atoms with Gasteiger partial charge in [0.2, 0.25) is 0 Å². The topological polar surface area (TPSA) is 55.8 Å². The number of hydrogen-bond acceptors (Lipinski definition) is 4. The number of nitrogens with one attached hydrogen (secondary N) is 2. The van der Waals surface area contributed by atoms with Crippen LogP contribution in [0.2, 0.25) is 0 Å². The van der Waals surface area contributed by atoms with Crippen molar-refractivity contribution in [3.8, 4) is 0 Å². The van der Waals surface area contributed by atoms with Crippen LogP contribution in [0, 0.1) is 5.92 Å². The first-order valence-electron chi connectivity index (χ1n) is 12.0. The van der Waals surface area contributed by atoms with Gasteiger partial charge in [0.05, 0.1) is 6.54 Å². The number of aliphatic imine (C=N–C) groups is 1. The number of nitrogens with zero attached hydrogens (tertiary/aromatic N) is 4. The van der Waals surface area contributed by atoms with Crippen LogP contribution in [-0.2, 0) is 6.54 Å². The molecule has 2 heterocycles. The highest BCUT2D eigenvalue weighted by Crippen LogP contribution is 2.21. The fourth-order valence-corrected chi connectivity index (χ4v) is 3.89. The van der Waals surface area contributed by atoms with Crippen molar-refractivity contribution in [3.05, 3.63) is 23.9 Å². The van der Waals surface area contributed by atoms with Crippen molar-refractivity contribution in [3.63, 3.8) is 0 Å². The van der Waals surface area contributed by atoms with E-state index >= 15 is 0 Å². The van der Waals surface area contributed by atoms with E-state index in [0.717, 1.165) is 62.4 Å². The van der Waals surface area contributed by atoms with Crippen molar-refractivity contribution in [1.82, 2.24) is 20.5 Å². The molecule has 170 valence electrons. The van der Waals surface area contributed by atoms with Crippen LogP contribution in [0.25, 0.3) is 0 Å². The average Bonchev–Trinajstić information content (AvgIpc) is 2.76. The van der Waals surface area contributed by atoms with Gasteiger partial charge in [-0.25, -0.2) is 9.98 Å². The molecule has 2 rings (SSSR count). The second-order valence-electron chi connectivity index (χ2n) is 8.60. The summed E-state index contributed by atoms with van der Waals surface area (Å²) in [4.78, 5) is 14.4. The Morgan fingerprint density at radius 2 is 1.97 bits per heavy atom. The largest absolute Gasteiger partial charge is 0.357 e. The molecular formula is C24H44N6. The summed E-state index contributed by atoms with van der Waals surface area (Å²) in [5, 5.41) is 6.93. The minimum Gasteiger partial charge on any atom is -0.357 e. The molecule has 0 spiro atoms. The third-order valence-corrected chi connectivity index (χ3v) is 6.07. The van der Waals surface area contributed by atoms with Crippen LogP contribution in [-0.4, -0.2) is 61.2 Å². The van der Waals surface area contributed by atoms with Gasteiger partial charge < -0.3 is 20.4 Å². The Labute approximate surface area is 184 Å². The number of pyridine rings is 1. The summed E-state index contributed by atoms with van der Waals surface area (Å²) in [6.07, 6.45) is 6.85. The number of guanidine groups is 1. The Morgan fingerprint density at radius 3 is 2.57 bits per heavy atom. The van der Waals surface area contributed by atoms with E-state index in [1.54, 1.807) is 0 Å². The van der Waals surface area contributed by atoms with Gasteiger partial charge in [-0.3, -0.25) is 0 Å². The van der Waals surface area contributed by atoms with E-state index in [1.807, 2.05) is 6.20 Å². The van der Waals surface area contributed by atoms with Gasteiger partial charge in [-0.1, -0.05) is 26.8 Å². The molecule has 6 heteroatoms. The Morgan fingerprint density at radius 1 is 1.23 bits per heavy atom. The molecule has 0 aliphatic carbocycles. The first-order valence-corrected chi connectivity index (χ1v) is 12.0. The van der Waals surface area contributed by atoms with Gasteiger partial charge in [-0.05, 0) is 76.7 Å². The minimum absolute atomic E-state index is 0.403. The lowest BCUT2D eigenvalue weighted by Crippen LogP contribution is -2.42. The van der Waals surface area contributed by atoms with Crippen LogP contribution in [0.3, 0.4) is 0 Å². The van der Waals surface area contributed by atoms with E-state index in [2.05, 4.69) is 67.2 Å². The van der Waals surface area contributed by atoms with Gasteiger partial charge in [0, 0.05) is 31.9 Å². The highest BCUT2D eigenvalue weighted by molar-refractivity contribution is 5.80. The predicted octanol–water partition coefficient (Wildman–Crippen LogP) is 3.88. The minimum atomic E-state index is 0.403. The summed E-state index contributed by atoms with van der Waals surface area (Å²) < 4.78 is 0. The van der Waals surface area contributed by atoms with Crippen LogP contribution in [0.15, 0.2) is 23.3 Å². The fourth-order valence-electron chi connectivity index (χ4n) is 3.89. The van der Waals surface area contributed by atoms with Gasteiger partial charge in [0.25, 0.3) is 0 Å². The van der Waals surface area contributed by atoms with E-state index in [-0.39, 0.29) is 0 Å².